The number of carbonyl (C=O) groups excluding carboxylic acids is 1. The van der Waals surface area contributed by atoms with Crippen molar-refractivity contribution in [3.05, 3.63) is 65.2 Å². The normalized spacial score (nSPS) is 16.6. The van der Waals surface area contributed by atoms with Crippen LogP contribution in [0.3, 0.4) is 0 Å². The summed E-state index contributed by atoms with van der Waals surface area (Å²) in [5.74, 6) is -0.0698. The van der Waals surface area contributed by atoms with E-state index in [1.807, 2.05) is 12.1 Å². The third-order valence-corrected chi connectivity index (χ3v) is 3.66. The summed E-state index contributed by atoms with van der Waals surface area (Å²) >= 11 is 0. The molecule has 1 heterocycles. The maximum absolute atomic E-state index is 12.3. The Kier molecular flexibility index (Phi) is 3.67. The van der Waals surface area contributed by atoms with E-state index in [4.69, 9.17) is 5.26 Å². The number of nitriles is 1. The second kappa shape index (κ2) is 5.78. The fourth-order valence-corrected chi connectivity index (χ4v) is 2.54. The zero-order valence-electron chi connectivity index (χ0n) is 11.5. The molecule has 0 unspecified atom stereocenters. The Labute approximate surface area is 123 Å². The van der Waals surface area contributed by atoms with Crippen LogP contribution in [0.1, 0.15) is 16.7 Å². The zero-order valence-corrected chi connectivity index (χ0v) is 11.5. The highest BCUT2D eigenvalue weighted by Crippen LogP contribution is 2.17. The van der Waals surface area contributed by atoms with Crippen LogP contribution in [0.15, 0.2) is 48.5 Å². The Morgan fingerprint density at radius 2 is 2.00 bits per heavy atom. The SMILES string of the molecule is N#Cc1cccc(NC(=O)[C@H]2Cc3ccccc3CN2)c1. The Morgan fingerprint density at radius 3 is 2.81 bits per heavy atom. The van der Waals surface area contributed by atoms with E-state index >= 15 is 0 Å². The van der Waals surface area contributed by atoms with Gasteiger partial charge in [-0.15, -0.1) is 0 Å². The molecule has 1 amide bonds. The number of nitrogens with zero attached hydrogens (tertiary/aromatic N) is 1. The van der Waals surface area contributed by atoms with Gasteiger partial charge >= 0.3 is 0 Å². The van der Waals surface area contributed by atoms with Crippen molar-refractivity contribution in [2.75, 3.05) is 5.32 Å². The lowest BCUT2D eigenvalue weighted by atomic mass is 9.95. The lowest BCUT2D eigenvalue weighted by Crippen LogP contribution is -2.44. The van der Waals surface area contributed by atoms with Crippen molar-refractivity contribution in [3.63, 3.8) is 0 Å². The van der Waals surface area contributed by atoms with Crippen LogP contribution < -0.4 is 10.6 Å². The Balaban J connectivity index is 1.71. The van der Waals surface area contributed by atoms with Crippen LogP contribution in [0.25, 0.3) is 0 Å². The molecular formula is C17H15N3O. The lowest BCUT2D eigenvalue weighted by molar-refractivity contribution is -0.118. The molecule has 4 heteroatoms. The highest BCUT2D eigenvalue weighted by molar-refractivity contribution is 5.95. The van der Waals surface area contributed by atoms with Crippen LogP contribution in [0.5, 0.6) is 0 Å². The van der Waals surface area contributed by atoms with Crippen molar-refractivity contribution in [2.24, 2.45) is 0 Å². The zero-order chi connectivity index (χ0) is 14.7. The summed E-state index contributed by atoms with van der Waals surface area (Å²) in [6, 6.07) is 16.9. The number of carbonyl (C=O) groups is 1. The van der Waals surface area contributed by atoms with E-state index in [9.17, 15) is 4.79 Å². The average molecular weight is 277 g/mol. The van der Waals surface area contributed by atoms with Crippen molar-refractivity contribution in [3.8, 4) is 6.07 Å². The predicted octanol–water partition coefficient (Wildman–Crippen LogP) is 2.21. The maximum atomic E-state index is 12.3. The van der Waals surface area contributed by atoms with Crippen molar-refractivity contribution in [2.45, 2.75) is 19.0 Å². The molecule has 0 aromatic heterocycles. The number of fused-ring (bicyclic) bond motifs is 1. The first kappa shape index (κ1) is 13.3. The molecule has 21 heavy (non-hydrogen) atoms. The average Bonchev–Trinajstić information content (AvgIpc) is 2.54. The van der Waals surface area contributed by atoms with Gasteiger partial charge in [0.25, 0.3) is 0 Å². The maximum Gasteiger partial charge on any atom is 0.241 e. The molecule has 0 saturated heterocycles. The van der Waals surface area contributed by atoms with Gasteiger partial charge in [-0.1, -0.05) is 30.3 Å². The minimum Gasteiger partial charge on any atom is -0.325 e. The molecule has 104 valence electrons. The number of benzene rings is 2. The lowest BCUT2D eigenvalue weighted by Gasteiger charge is -2.25. The standard InChI is InChI=1S/C17H15N3O/c18-10-12-4-3-7-15(8-12)20-17(21)16-9-13-5-1-2-6-14(13)11-19-16/h1-8,16,19H,9,11H2,(H,20,21)/t16-/m1/s1. The molecule has 4 nitrogen and oxygen atoms in total. The van der Waals surface area contributed by atoms with Crippen LogP contribution in [0.4, 0.5) is 5.69 Å². The molecule has 0 fully saturated rings. The van der Waals surface area contributed by atoms with Gasteiger partial charge in [-0.25, -0.2) is 0 Å². The number of hydrogen-bond acceptors (Lipinski definition) is 3. The van der Waals surface area contributed by atoms with Gasteiger partial charge in [0.15, 0.2) is 0 Å². The monoisotopic (exact) mass is 277 g/mol. The van der Waals surface area contributed by atoms with Gasteiger partial charge in [-0.3, -0.25) is 4.79 Å². The summed E-state index contributed by atoms with van der Waals surface area (Å²) in [7, 11) is 0. The van der Waals surface area contributed by atoms with Crippen LogP contribution in [0.2, 0.25) is 0 Å². The summed E-state index contributed by atoms with van der Waals surface area (Å²) < 4.78 is 0. The molecule has 2 N–H and O–H groups in total. The van der Waals surface area contributed by atoms with Crippen molar-refractivity contribution in [1.82, 2.24) is 5.32 Å². The summed E-state index contributed by atoms with van der Waals surface area (Å²) in [5.41, 5.74) is 3.64. The molecule has 1 atom stereocenters. The largest absolute Gasteiger partial charge is 0.325 e. The highest BCUT2D eigenvalue weighted by Gasteiger charge is 2.23. The van der Waals surface area contributed by atoms with Crippen molar-refractivity contribution in [1.29, 1.82) is 5.26 Å². The predicted molar refractivity (Wildman–Crippen MR) is 80.6 cm³/mol. The van der Waals surface area contributed by atoms with E-state index in [-0.39, 0.29) is 11.9 Å². The van der Waals surface area contributed by atoms with Gasteiger partial charge < -0.3 is 10.6 Å². The molecule has 1 aliphatic rings. The molecule has 1 aliphatic heterocycles. The number of hydrogen-bond donors (Lipinski definition) is 2. The van der Waals surface area contributed by atoms with E-state index in [0.29, 0.717) is 24.2 Å². The smallest absolute Gasteiger partial charge is 0.241 e. The van der Waals surface area contributed by atoms with E-state index < -0.39 is 0 Å². The van der Waals surface area contributed by atoms with E-state index in [2.05, 4.69) is 28.8 Å². The molecule has 0 radical (unpaired) electrons. The Bertz CT molecular complexity index is 718. The molecular weight excluding hydrogens is 262 g/mol. The molecule has 0 bridgehead atoms. The van der Waals surface area contributed by atoms with Crippen LogP contribution in [-0.2, 0) is 17.8 Å². The van der Waals surface area contributed by atoms with Gasteiger partial charge in [0.1, 0.15) is 0 Å². The number of anilines is 1. The number of amides is 1. The van der Waals surface area contributed by atoms with Crippen molar-refractivity contribution < 1.29 is 4.79 Å². The molecule has 2 aromatic carbocycles. The van der Waals surface area contributed by atoms with Crippen molar-refractivity contribution >= 4 is 11.6 Å². The summed E-state index contributed by atoms with van der Waals surface area (Å²) in [6.45, 7) is 0.701. The summed E-state index contributed by atoms with van der Waals surface area (Å²) in [5, 5.41) is 15.0. The van der Waals surface area contributed by atoms with Crippen LogP contribution >= 0.6 is 0 Å². The first-order valence-electron chi connectivity index (χ1n) is 6.87. The summed E-state index contributed by atoms with van der Waals surface area (Å²) in [6.07, 6.45) is 0.681. The van der Waals surface area contributed by atoms with Gasteiger partial charge in [-0.05, 0) is 35.7 Å². The van der Waals surface area contributed by atoms with Gasteiger partial charge in [0, 0.05) is 12.2 Å². The van der Waals surface area contributed by atoms with Crippen LogP contribution in [0, 0.1) is 11.3 Å². The molecule has 3 rings (SSSR count). The number of rotatable bonds is 2. The third kappa shape index (κ3) is 2.93. The molecule has 0 aliphatic carbocycles. The van der Waals surface area contributed by atoms with E-state index in [1.165, 1.54) is 11.1 Å². The highest BCUT2D eigenvalue weighted by atomic mass is 16.2. The Hall–Kier alpha value is -2.64. The quantitative estimate of drug-likeness (QED) is 0.884. The minimum absolute atomic E-state index is 0.0698. The fraction of sp³-hybridized carbons (Fsp3) is 0.176. The van der Waals surface area contributed by atoms with Crippen LogP contribution in [-0.4, -0.2) is 11.9 Å². The molecule has 2 aromatic rings. The topological polar surface area (TPSA) is 64.9 Å². The second-order valence-corrected chi connectivity index (χ2v) is 5.09. The fourth-order valence-electron chi connectivity index (χ4n) is 2.54. The second-order valence-electron chi connectivity index (χ2n) is 5.09. The Morgan fingerprint density at radius 1 is 1.19 bits per heavy atom. The first-order chi connectivity index (χ1) is 10.3. The van der Waals surface area contributed by atoms with Gasteiger partial charge in [0.05, 0.1) is 17.7 Å². The van der Waals surface area contributed by atoms with E-state index in [0.717, 1.165) is 0 Å². The number of nitrogens with one attached hydrogen (secondary N) is 2. The first-order valence-corrected chi connectivity index (χ1v) is 6.87. The minimum atomic E-state index is -0.245. The van der Waals surface area contributed by atoms with Gasteiger partial charge in [-0.2, -0.15) is 5.26 Å². The molecule has 0 spiro atoms. The summed E-state index contributed by atoms with van der Waals surface area (Å²) in [4.78, 5) is 12.3. The van der Waals surface area contributed by atoms with E-state index in [1.54, 1.807) is 24.3 Å². The third-order valence-electron chi connectivity index (χ3n) is 3.66. The van der Waals surface area contributed by atoms with Gasteiger partial charge in [0.2, 0.25) is 5.91 Å². The molecule has 0 saturated carbocycles.